The van der Waals surface area contributed by atoms with Crippen LogP contribution in [-0.4, -0.2) is 25.5 Å². The van der Waals surface area contributed by atoms with E-state index in [0.29, 0.717) is 28.3 Å². The normalized spacial score (nSPS) is 12.5. The lowest BCUT2D eigenvalue weighted by Gasteiger charge is -2.12. The van der Waals surface area contributed by atoms with Gasteiger partial charge in [0.15, 0.2) is 11.3 Å². The molecule has 0 N–H and O–H groups in total. The Hall–Kier alpha value is -3.08. The van der Waals surface area contributed by atoms with Gasteiger partial charge < -0.3 is 4.57 Å². The van der Waals surface area contributed by atoms with Crippen molar-refractivity contribution in [1.82, 2.24) is 19.7 Å². The number of hydrogen-bond acceptors (Lipinski definition) is 4. The molecule has 4 aromatic rings. The number of imidazole rings is 1. The Labute approximate surface area is 188 Å². The molecule has 33 heavy (non-hydrogen) atoms. The zero-order valence-corrected chi connectivity index (χ0v) is 18.1. The molecular weight excluding hydrogens is 466 g/mol. The van der Waals surface area contributed by atoms with Crippen molar-refractivity contribution < 1.29 is 26.3 Å². The minimum Gasteiger partial charge on any atom is -0.310 e. The van der Waals surface area contributed by atoms with E-state index in [-0.39, 0.29) is 11.2 Å². The van der Waals surface area contributed by atoms with Crippen molar-refractivity contribution in [3.63, 3.8) is 0 Å². The van der Waals surface area contributed by atoms with Crippen LogP contribution in [0.4, 0.5) is 26.3 Å². The zero-order valence-electron chi connectivity index (χ0n) is 17.3. The van der Waals surface area contributed by atoms with Crippen LogP contribution in [0.3, 0.4) is 0 Å². The van der Waals surface area contributed by atoms with E-state index in [9.17, 15) is 26.3 Å². The fraction of sp³-hybridized carbons (Fsp3) is 0.227. The van der Waals surface area contributed by atoms with Crippen LogP contribution in [-0.2, 0) is 19.4 Å². The number of thioether (sulfide) groups is 1. The van der Waals surface area contributed by atoms with Gasteiger partial charge in [-0.3, -0.25) is 0 Å². The lowest BCUT2D eigenvalue weighted by atomic mass is 10.0. The number of fused-ring (bicyclic) bond motifs is 1. The summed E-state index contributed by atoms with van der Waals surface area (Å²) >= 11 is 1.49. The Morgan fingerprint density at radius 2 is 1.52 bits per heavy atom. The lowest BCUT2D eigenvalue weighted by Crippen LogP contribution is -2.09. The van der Waals surface area contributed by atoms with Crippen LogP contribution in [0.15, 0.2) is 53.4 Å². The van der Waals surface area contributed by atoms with Gasteiger partial charge in [-0.25, -0.2) is 4.98 Å². The second-order valence-electron chi connectivity index (χ2n) is 7.15. The Bertz CT molecular complexity index is 1310. The molecule has 4 nitrogen and oxygen atoms in total. The Kier molecular flexibility index (Phi) is 5.85. The smallest absolute Gasteiger partial charge is 0.310 e. The van der Waals surface area contributed by atoms with Crippen LogP contribution in [0.5, 0.6) is 0 Å². The third-order valence-electron chi connectivity index (χ3n) is 4.98. The molecule has 0 radical (unpaired) electrons. The van der Waals surface area contributed by atoms with E-state index in [1.165, 1.54) is 23.9 Å². The molecule has 172 valence electrons. The first-order chi connectivity index (χ1) is 15.5. The molecule has 2 aromatic heterocycles. The SMILES string of the molecule is CCSc1cc(-c2ccc(C(F)(F)F)cc2)ccc1-c1nc2cc(C(F)(F)F)nnc2n1C. The largest absolute Gasteiger partial charge is 0.435 e. The molecule has 0 atom stereocenters. The predicted octanol–water partition coefficient (Wildman–Crippen LogP) is 6.85. The van der Waals surface area contributed by atoms with E-state index in [0.717, 1.165) is 23.1 Å². The monoisotopic (exact) mass is 482 g/mol. The van der Waals surface area contributed by atoms with Gasteiger partial charge in [0.2, 0.25) is 0 Å². The summed E-state index contributed by atoms with van der Waals surface area (Å²) in [5.41, 5.74) is 0.406. The standard InChI is InChI=1S/C22H16F6N4S/c1-3-33-17-10-13(12-4-7-14(8-5-12)21(23,24)25)6-9-15(17)19-29-16-11-18(22(26,27)28)30-31-20(16)32(19)2/h4-11H,3H2,1-2H3. The highest BCUT2D eigenvalue weighted by molar-refractivity contribution is 7.99. The van der Waals surface area contributed by atoms with Crippen molar-refractivity contribution in [1.29, 1.82) is 0 Å². The summed E-state index contributed by atoms with van der Waals surface area (Å²) < 4.78 is 79.2. The Morgan fingerprint density at radius 1 is 0.848 bits per heavy atom. The summed E-state index contributed by atoms with van der Waals surface area (Å²) in [4.78, 5) is 5.15. The molecule has 0 spiro atoms. The van der Waals surface area contributed by atoms with E-state index in [1.54, 1.807) is 23.7 Å². The number of rotatable bonds is 4. The van der Waals surface area contributed by atoms with Crippen molar-refractivity contribution >= 4 is 22.9 Å². The molecule has 2 heterocycles. The summed E-state index contributed by atoms with van der Waals surface area (Å²) in [6.07, 6.45) is -9.05. The second kappa shape index (κ2) is 8.36. The molecule has 0 aliphatic rings. The highest BCUT2D eigenvalue weighted by Gasteiger charge is 2.34. The average molecular weight is 482 g/mol. The van der Waals surface area contributed by atoms with Gasteiger partial charge in [-0.05, 0) is 41.1 Å². The number of benzene rings is 2. The topological polar surface area (TPSA) is 43.6 Å². The molecule has 2 aromatic carbocycles. The summed E-state index contributed by atoms with van der Waals surface area (Å²) in [5, 5.41) is 6.96. The lowest BCUT2D eigenvalue weighted by molar-refractivity contribution is -0.141. The Morgan fingerprint density at radius 3 is 2.12 bits per heavy atom. The molecule has 0 saturated carbocycles. The van der Waals surface area contributed by atoms with Gasteiger partial charge in [0.05, 0.1) is 5.56 Å². The van der Waals surface area contributed by atoms with Gasteiger partial charge in [-0.2, -0.15) is 26.3 Å². The summed E-state index contributed by atoms with van der Waals surface area (Å²) in [6.45, 7) is 1.94. The van der Waals surface area contributed by atoms with Crippen LogP contribution < -0.4 is 0 Å². The summed E-state index contributed by atoms with van der Waals surface area (Å²) in [6, 6.07) is 11.0. The first-order valence-electron chi connectivity index (χ1n) is 9.71. The van der Waals surface area contributed by atoms with Crippen molar-refractivity contribution in [2.75, 3.05) is 5.75 Å². The van der Waals surface area contributed by atoms with Crippen LogP contribution in [0.1, 0.15) is 18.2 Å². The van der Waals surface area contributed by atoms with E-state index < -0.39 is 23.6 Å². The maximum absolute atomic E-state index is 13.0. The van der Waals surface area contributed by atoms with E-state index >= 15 is 0 Å². The fourth-order valence-electron chi connectivity index (χ4n) is 3.38. The summed E-state index contributed by atoms with van der Waals surface area (Å²) in [5.74, 6) is 1.11. The third kappa shape index (κ3) is 4.54. The quantitative estimate of drug-likeness (QED) is 0.236. The minimum absolute atomic E-state index is 0.0640. The minimum atomic E-state index is -4.63. The number of aromatic nitrogens is 4. The summed E-state index contributed by atoms with van der Waals surface area (Å²) in [7, 11) is 1.64. The molecule has 0 unspecified atom stereocenters. The third-order valence-corrected chi connectivity index (χ3v) is 5.91. The van der Waals surface area contributed by atoms with Crippen LogP contribution >= 0.6 is 11.8 Å². The fourth-order valence-corrected chi connectivity index (χ4v) is 4.21. The first-order valence-corrected chi connectivity index (χ1v) is 10.7. The highest BCUT2D eigenvalue weighted by atomic mass is 32.2. The van der Waals surface area contributed by atoms with Gasteiger partial charge in [0, 0.05) is 23.6 Å². The first kappa shape index (κ1) is 23.1. The number of halogens is 6. The van der Waals surface area contributed by atoms with Crippen LogP contribution in [0, 0.1) is 0 Å². The van der Waals surface area contributed by atoms with Gasteiger partial charge in [0.25, 0.3) is 0 Å². The van der Waals surface area contributed by atoms with Crippen LogP contribution in [0.2, 0.25) is 0 Å². The molecular formula is C22H16F6N4S. The molecule has 0 amide bonds. The molecule has 0 fully saturated rings. The van der Waals surface area contributed by atoms with Gasteiger partial charge in [-0.15, -0.1) is 22.0 Å². The molecule has 0 aliphatic heterocycles. The highest BCUT2D eigenvalue weighted by Crippen LogP contribution is 2.37. The number of aryl methyl sites for hydroxylation is 1. The zero-order chi connectivity index (χ0) is 24.0. The predicted molar refractivity (Wildman–Crippen MR) is 114 cm³/mol. The average Bonchev–Trinajstić information content (AvgIpc) is 3.08. The number of nitrogens with zero attached hydrogens (tertiary/aromatic N) is 4. The number of hydrogen-bond donors (Lipinski definition) is 0. The Balaban J connectivity index is 1.78. The van der Waals surface area contributed by atoms with Crippen LogP contribution in [0.25, 0.3) is 33.7 Å². The van der Waals surface area contributed by atoms with Crippen molar-refractivity contribution in [3.05, 3.63) is 59.8 Å². The van der Waals surface area contributed by atoms with Crippen molar-refractivity contribution in [2.45, 2.75) is 24.2 Å². The van der Waals surface area contributed by atoms with Crippen molar-refractivity contribution in [2.24, 2.45) is 7.05 Å². The number of alkyl halides is 6. The van der Waals surface area contributed by atoms with Gasteiger partial charge in [-0.1, -0.05) is 25.1 Å². The maximum Gasteiger partial charge on any atom is 0.435 e. The van der Waals surface area contributed by atoms with E-state index in [2.05, 4.69) is 15.2 Å². The van der Waals surface area contributed by atoms with Gasteiger partial charge in [0.1, 0.15) is 11.3 Å². The molecule has 11 heteroatoms. The van der Waals surface area contributed by atoms with E-state index in [1.807, 2.05) is 13.0 Å². The molecule has 0 bridgehead atoms. The maximum atomic E-state index is 13.0. The van der Waals surface area contributed by atoms with Gasteiger partial charge >= 0.3 is 12.4 Å². The molecule has 4 rings (SSSR count). The van der Waals surface area contributed by atoms with E-state index in [4.69, 9.17) is 0 Å². The molecule has 0 saturated heterocycles. The van der Waals surface area contributed by atoms with Crippen molar-refractivity contribution in [3.8, 4) is 22.5 Å². The molecule has 0 aliphatic carbocycles. The second-order valence-corrected chi connectivity index (χ2v) is 8.46.